The smallest absolute Gasteiger partial charge is 0.123 e. The van der Waals surface area contributed by atoms with E-state index >= 15 is 0 Å². The van der Waals surface area contributed by atoms with E-state index in [-0.39, 0.29) is 13.2 Å². The number of para-hydroxylation sites is 1. The van der Waals surface area contributed by atoms with Gasteiger partial charge in [0.05, 0.1) is 26.4 Å². The van der Waals surface area contributed by atoms with Gasteiger partial charge in [0.15, 0.2) is 0 Å². The van der Waals surface area contributed by atoms with Gasteiger partial charge in [-0.1, -0.05) is 24.1 Å². The topological polar surface area (TPSA) is 51.2 Å². The molecule has 1 atom stereocenters. The average Bonchev–Trinajstić information content (AvgIpc) is 2.53. The molecule has 0 radical (unpaired) electrons. The lowest BCUT2D eigenvalue weighted by Gasteiger charge is -2.25. The number of ether oxygens (including phenoxy) is 3. The molecule has 0 saturated heterocycles. The summed E-state index contributed by atoms with van der Waals surface area (Å²) in [4.78, 5) is 2.10. The summed E-state index contributed by atoms with van der Waals surface area (Å²) in [6.45, 7) is 2.88. The van der Waals surface area contributed by atoms with Crippen LogP contribution in [0.25, 0.3) is 0 Å². The highest BCUT2D eigenvalue weighted by Crippen LogP contribution is 2.19. The van der Waals surface area contributed by atoms with Crippen LogP contribution in [0, 0.1) is 12.3 Å². The minimum atomic E-state index is -0.597. The number of hydrogen-bond donors (Lipinski definition) is 1. The second-order valence-corrected chi connectivity index (χ2v) is 4.91. The van der Waals surface area contributed by atoms with E-state index < -0.39 is 6.10 Å². The van der Waals surface area contributed by atoms with E-state index in [9.17, 15) is 5.11 Å². The Morgan fingerprint density at radius 3 is 2.77 bits per heavy atom. The SMILES string of the molecule is C#CCOCC(O)CN(CCOC)Cc1ccccc1OC. The minimum Gasteiger partial charge on any atom is -0.496 e. The Hall–Kier alpha value is -1.58. The van der Waals surface area contributed by atoms with E-state index in [1.54, 1.807) is 14.2 Å². The molecule has 1 unspecified atom stereocenters. The Labute approximate surface area is 132 Å². The molecule has 22 heavy (non-hydrogen) atoms. The van der Waals surface area contributed by atoms with Gasteiger partial charge in [-0.25, -0.2) is 0 Å². The minimum absolute atomic E-state index is 0.210. The number of rotatable bonds is 11. The van der Waals surface area contributed by atoms with E-state index in [4.69, 9.17) is 20.6 Å². The standard InChI is InChI=1S/C17H25NO4/c1-4-10-22-14-16(19)13-18(9-11-20-2)12-15-7-5-6-8-17(15)21-3/h1,5-8,16,19H,9-14H2,2-3H3. The van der Waals surface area contributed by atoms with Crippen LogP contribution in [-0.4, -0.2) is 63.2 Å². The van der Waals surface area contributed by atoms with Crippen LogP contribution in [0.4, 0.5) is 0 Å². The molecule has 0 saturated carbocycles. The number of methoxy groups -OCH3 is 2. The molecule has 1 rings (SSSR count). The van der Waals surface area contributed by atoms with E-state index in [0.717, 1.165) is 11.3 Å². The van der Waals surface area contributed by atoms with Crippen molar-refractivity contribution in [3.8, 4) is 18.1 Å². The van der Waals surface area contributed by atoms with Gasteiger partial charge in [0.25, 0.3) is 0 Å². The van der Waals surface area contributed by atoms with Gasteiger partial charge in [0, 0.05) is 32.3 Å². The molecule has 0 aliphatic carbocycles. The molecule has 0 amide bonds. The summed E-state index contributed by atoms with van der Waals surface area (Å²) in [6, 6.07) is 7.85. The third-order valence-electron chi connectivity index (χ3n) is 3.16. The van der Waals surface area contributed by atoms with Crippen molar-refractivity contribution in [1.29, 1.82) is 0 Å². The zero-order valence-electron chi connectivity index (χ0n) is 13.3. The van der Waals surface area contributed by atoms with Crippen LogP contribution in [0.5, 0.6) is 5.75 Å². The van der Waals surface area contributed by atoms with Gasteiger partial charge in [-0.15, -0.1) is 6.42 Å². The highest BCUT2D eigenvalue weighted by Gasteiger charge is 2.14. The Kier molecular flexibility index (Phi) is 9.28. The Morgan fingerprint density at radius 1 is 1.32 bits per heavy atom. The number of benzene rings is 1. The van der Waals surface area contributed by atoms with Crippen molar-refractivity contribution < 1.29 is 19.3 Å². The van der Waals surface area contributed by atoms with Gasteiger partial charge in [0.2, 0.25) is 0 Å². The van der Waals surface area contributed by atoms with Crippen molar-refractivity contribution in [3.63, 3.8) is 0 Å². The molecule has 0 aromatic heterocycles. The van der Waals surface area contributed by atoms with Gasteiger partial charge in [0.1, 0.15) is 12.4 Å². The van der Waals surface area contributed by atoms with Crippen molar-refractivity contribution in [1.82, 2.24) is 4.90 Å². The lowest BCUT2D eigenvalue weighted by atomic mass is 10.1. The number of aliphatic hydroxyl groups excluding tert-OH is 1. The molecular weight excluding hydrogens is 282 g/mol. The molecule has 5 heteroatoms. The van der Waals surface area contributed by atoms with Crippen LogP contribution in [-0.2, 0) is 16.0 Å². The first kappa shape index (κ1) is 18.5. The van der Waals surface area contributed by atoms with Crippen LogP contribution < -0.4 is 4.74 Å². The first-order valence-corrected chi connectivity index (χ1v) is 7.23. The fraction of sp³-hybridized carbons (Fsp3) is 0.529. The summed E-state index contributed by atoms with van der Waals surface area (Å²) in [5.41, 5.74) is 1.07. The van der Waals surface area contributed by atoms with Gasteiger partial charge < -0.3 is 19.3 Å². The molecule has 0 aliphatic heterocycles. The number of aliphatic hydroxyl groups is 1. The zero-order valence-corrected chi connectivity index (χ0v) is 13.3. The van der Waals surface area contributed by atoms with Crippen molar-refractivity contribution in [2.75, 3.05) is 47.1 Å². The first-order chi connectivity index (χ1) is 10.7. The van der Waals surface area contributed by atoms with Gasteiger partial charge in [-0.3, -0.25) is 4.90 Å². The van der Waals surface area contributed by atoms with Crippen LogP contribution in [0.1, 0.15) is 5.56 Å². The van der Waals surface area contributed by atoms with E-state index in [2.05, 4.69) is 10.8 Å². The molecule has 1 N–H and O–H groups in total. The third kappa shape index (κ3) is 6.92. The Bertz CT molecular complexity index is 458. The second-order valence-electron chi connectivity index (χ2n) is 4.91. The summed E-state index contributed by atoms with van der Waals surface area (Å²) in [5, 5.41) is 10.0. The predicted molar refractivity (Wildman–Crippen MR) is 85.8 cm³/mol. The lowest BCUT2D eigenvalue weighted by Crippen LogP contribution is -2.36. The van der Waals surface area contributed by atoms with Crippen molar-refractivity contribution in [2.24, 2.45) is 0 Å². The predicted octanol–water partition coefficient (Wildman–Crippen LogP) is 1.15. The van der Waals surface area contributed by atoms with Gasteiger partial charge in [-0.05, 0) is 6.07 Å². The number of nitrogens with zero attached hydrogens (tertiary/aromatic N) is 1. The lowest BCUT2D eigenvalue weighted by molar-refractivity contribution is 0.0206. The zero-order chi connectivity index (χ0) is 16.2. The molecule has 0 bridgehead atoms. The maximum atomic E-state index is 10.0. The van der Waals surface area contributed by atoms with Crippen LogP contribution in [0.2, 0.25) is 0 Å². The van der Waals surface area contributed by atoms with Gasteiger partial charge >= 0.3 is 0 Å². The highest BCUT2D eigenvalue weighted by molar-refractivity contribution is 5.33. The van der Waals surface area contributed by atoms with E-state index in [1.165, 1.54) is 0 Å². The summed E-state index contributed by atoms with van der Waals surface area (Å²) in [7, 11) is 3.31. The molecule has 0 spiro atoms. The monoisotopic (exact) mass is 307 g/mol. The summed E-state index contributed by atoms with van der Waals surface area (Å²) < 4.78 is 15.7. The molecule has 0 fully saturated rings. The highest BCUT2D eigenvalue weighted by atomic mass is 16.5. The van der Waals surface area contributed by atoms with E-state index in [0.29, 0.717) is 26.2 Å². The third-order valence-corrected chi connectivity index (χ3v) is 3.16. The molecule has 1 aromatic carbocycles. The first-order valence-electron chi connectivity index (χ1n) is 7.23. The maximum absolute atomic E-state index is 10.0. The molecule has 0 heterocycles. The average molecular weight is 307 g/mol. The summed E-state index contributed by atoms with van der Waals surface area (Å²) in [6.07, 6.45) is 4.52. The molecule has 0 aliphatic rings. The normalized spacial score (nSPS) is 12.1. The van der Waals surface area contributed by atoms with E-state index in [1.807, 2.05) is 24.3 Å². The second kappa shape index (κ2) is 11.0. The number of terminal acetylenes is 1. The van der Waals surface area contributed by atoms with Crippen molar-refractivity contribution in [2.45, 2.75) is 12.6 Å². The number of hydrogen-bond acceptors (Lipinski definition) is 5. The van der Waals surface area contributed by atoms with Crippen molar-refractivity contribution >= 4 is 0 Å². The molecular formula is C17H25NO4. The molecule has 1 aromatic rings. The molecule has 5 nitrogen and oxygen atoms in total. The van der Waals surface area contributed by atoms with Crippen LogP contribution >= 0.6 is 0 Å². The Morgan fingerprint density at radius 2 is 2.09 bits per heavy atom. The van der Waals surface area contributed by atoms with Gasteiger partial charge in [-0.2, -0.15) is 0 Å². The summed E-state index contributed by atoms with van der Waals surface area (Å²) >= 11 is 0. The fourth-order valence-electron chi connectivity index (χ4n) is 2.13. The quantitative estimate of drug-likeness (QED) is 0.491. The van der Waals surface area contributed by atoms with Crippen LogP contribution in [0.15, 0.2) is 24.3 Å². The largest absolute Gasteiger partial charge is 0.496 e. The molecule has 122 valence electrons. The maximum Gasteiger partial charge on any atom is 0.123 e. The fourth-order valence-corrected chi connectivity index (χ4v) is 2.13. The van der Waals surface area contributed by atoms with Crippen LogP contribution in [0.3, 0.4) is 0 Å². The van der Waals surface area contributed by atoms with Crippen molar-refractivity contribution in [3.05, 3.63) is 29.8 Å². The Balaban J connectivity index is 2.61. The summed E-state index contributed by atoms with van der Waals surface area (Å²) in [5.74, 6) is 3.22.